The summed E-state index contributed by atoms with van der Waals surface area (Å²) >= 11 is 0. The molecule has 8 nitrogen and oxygen atoms in total. The number of hydrogen-bond donors (Lipinski definition) is 0. The number of nitrogens with zero attached hydrogens (tertiary/aromatic N) is 3. The van der Waals surface area contributed by atoms with Crippen LogP contribution in [0.15, 0.2) is 188 Å². The Labute approximate surface area is 529 Å². The van der Waals surface area contributed by atoms with E-state index in [-0.39, 0.29) is 28.9 Å². The van der Waals surface area contributed by atoms with Crippen molar-refractivity contribution in [2.24, 2.45) is 0 Å². The topological polar surface area (TPSA) is 95.1 Å². The van der Waals surface area contributed by atoms with Crippen molar-refractivity contribution in [3.05, 3.63) is 272 Å². The fourth-order valence-electron chi connectivity index (χ4n) is 15.7. The molecular weight excluding hydrogens is 1090 g/mol. The number of likely N-dealkylation sites (N-methyl/N-ethyl adjacent to an activating group) is 3. The van der Waals surface area contributed by atoms with Gasteiger partial charge in [0.05, 0.1) is 16.6 Å². The number of rotatable bonds is 28. The summed E-state index contributed by atoms with van der Waals surface area (Å²) in [5.74, 6) is -0.210. The van der Waals surface area contributed by atoms with Gasteiger partial charge in [-0.05, 0) is 172 Å². The van der Waals surface area contributed by atoms with E-state index >= 15 is 19.2 Å². The lowest BCUT2D eigenvalue weighted by Crippen LogP contribution is -2.56. The number of Topliss-reactive ketones (excluding diaryl/α,β-unsaturated/α-hetero) is 3. The van der Waals surface area contributed by atoms with Crippen LogP contribution in [0.5, 0.6) is 0 Å². The quantitative estimate of drug-likeness (QED) is 0.0448. The molecule has 0 aliphatic heterocycles. The second kappa shape index (κ2) is 27.0. The first-order chi connectivity index (χ1) is 43.1. The highest BCUT2D eigenvalue weighted by Gasteiger charge is 2.49. The third-order valence-corrected chi connectivity index (χ3v) is 20.5. The molecule has 0 N–H and O–H groups in total. The number of aryl methyl sites for hydroxylation is 1. The zero-order chi connectivity index (χ0) is 63.3. The Hall–Kier alpha value is -8.01. The molecule has 458 valence electrons. The molecule has 2 aliphatic rings. The highest BCUT2D eigenvalue weighted by molar-refractivity contribution is 6.29. The summed E-state index contributed by atoms with van der Waals surface area (Å²) in [7, 11) is 0. The normalized spacial score (nSPS) is 16.3. The Morgan fingerprint density at radius 2 is 0.674 bits per heavy atom. The summed E-state index contributed by atoms with van der Waals surface area (Å²) in [6.45, 7) is 25.3. The van der Waals surface area contributed by atoms with E-state index < -0.39 is 22.0 Å². The molecule has 8 heteroatoms. The van der Waals surface area contributed by atoms with E-state index in [4.69, 9.17) is 0 Å². The minimum Gasteiger partial charge on any atom is -0.292 e. The molecule has 0 heterocycles. The van der Waals surface area contributed by atoms with Gasteiger partial charge in [0, 0.05) is 44.4 Å². The minimum atomic E-state index is -0.962. The first-order valence-electron chi connectivity index (χ1n) is 32.8. The number of fused-ring (bicyclic) bond motifs is 5. The molecule has 0 radical (unpaired) electrons. The maximum atomic E-state index is 16.1. The molecule has 0 fully saturated rings. The van der Waals surface area contributed by atoms with Crippen molar-refractivity contribution >= 4 is 28.9 Å². The molecular formula is C81H89N3O5. The second-order valence-corrected chi connectivity index (χ2v) is 24.9. The lowest BCUT2D eigenvalue weighted by atomic mass is 9.68. The van der Waals surface area contributed by atoms with Gasteiger partial charge < -0.3 is 0 Å². The number of ketones is 5. The van der Waals surface area contributed by atoms with E-state index in [1.165, 1.54) is 0 Å². The smallest absolute Gasteiger partial charge is 0.194 e. The molecule has 0 amide bonds. The van der Waals surface area contributed by atoms with E-state index in [9.17, 15) is 4.79 Å². The molecule has 8 aromatic carbocycles. The molecule has 0 aromatic heterocycles. The van der Waals surface area contributed by atoms with Gasteiger partial charge in [0.2, 0.25) is 0 Å². The lowest BCUT2D eigenvalue weighted by molar-refractivity contribution is 0.0545. The number of hydrogen-bond acceptors (Lipinski definition) is 8. The Kier molecular flexibility index (Phi) is 19.4. The van der Waals surface area contributed by atoms with Crippen molar-refractivity contribution in [1.29, 1.82) is 0 Å². The SMILES string of the molecule is CCN(CC)C(CC)(Cc1ccccc1)C(=O)c1ccc(CC2(Cc3ccc(C(=O)C(CC)(Cc4ccccc4)N(CC)CC)cc3)c3cc(C(=O)C(CC)(Cc4ccccc4)N(CC)CC)ccc3-c3cc4c(cc32)C(=O)c2cc(C)ccc2C4=O)cc1. The molecule has 3 unspecified atom stereocenters. The Morgan fingerprint density at radius 3 is 1.07 bits per heavy atom. The zero-order valence-corrected chi connectivity index (χ0v) is 54.2. The molecule has 0 bridgehead atoms. The van der Waals surface area contributed by atoms with E-state index in [2.05, 4.69) is 150 Å². The van der Waals surface area contributed by atoms with Gasteiger partial charge in [0.25, 0.3) is 0 Å². The largest absolute Gasteiger partial charge is 0.292 e. The summed E-state index contributed by atoms with van der Waals surface area (Å²) < 4.78 is 0. The van der Waals surface area contributed by atoms with E-state index in [1.54, 1.807) is 6.07 Å². The van der Waals surface area contributed by atoms with Crippen LogP contribution in [0.3, 0.4) is 0 Å². The van der Waals surface area contributed by atoms with Crippen molar-refractivity contribution in [2.75, 3.05) is 39.3 Å². The molecule has 89 heavy (non-hydrogen) atoms. The Morgan fingerprint density at radius 1 is 0.337 bits per heavy atom. The molecule has 2 aliphatic carbocycles. The van der Waals surface area contributed by atoms with Crippen molar-refractivity contribution < 1.29 is 24.0 Å². The molecule has 0 saturated heterocycles. The average molecular weight is 1180 g/mol. The van der Waals surface area contributed by atoms with Crippen LogP contribution < -0.4 is 0 Å². The Balaban J connectivity index is 1.18. The predicted molar refractivity (Wildman–Crippen MR) is 362 cm³/mol. The van der Waals surface area contributed by atoms with Gasteiger partial charge in [-0.2, -0.15) is 0 Å². The van der Waals surface area contributed by atoms with Gasteiger partial charge in [-0.1, -0.05) is 232 Å². The van der Waals surface area contributed by atoms with Gasteiger partial charge in [-0.3, -0.25) is 38.7 Å². The molecule has 0 spiro atoms. The third-order valence-electron chi connectivity index (χ3n) is 20.5. The summed E-state index contributed by atoms with van der Waals surface area (Å²) in [6.07, 6.45) is 4.33. The summed E-state index contributed by atoms with van der Waals surface area (Å²) in [4.78, 5) is 83.9. The molecule has 10 rings (SSSR count). The molecule has 0 saturated carbocycles. The van der Waals surface area contributed by atoms with Gasteiger partial charge >= 0.3 is 0 Å². The highest BCUT2D eigenvalue weighted by Crippen LogP contribution is 2.55. The number of carbonyl (C=O) groups is 5. The van der Waals surface area contributed by atoms with Crippen LogP contribution in [0.1, 0.15) is 189 Å². The Bertz CT molecular complexity index is 3740. The van der Waals surface area contributed by atoms with E-state index in [0.29, 0.717) is 130 Å². The molecule has 3 atom stereocenters. The maximum absolute atomic E-state index is 16.1. The van der Waals surface area contributed by atoms with Gasteiger partial charge in [0.15, 0.2) is 28.9 Å². The van der Waals surface area contributed by atoms with E-state index in [1.807, 2.05) is 116 Å². The van der Waals surface area contributed by atoms with E-state index in [0.717, 1.165) is 55.6 Å². The fourth-order valence-corrected chi connectivity index (χ4v) is 15.7. The van der Waals surface area contributed by atoms with Crippen LogP contribution in [-0.2, 0) is 37.5 Å². The molecule has 8 aromatic rings. The van der Waals surface area contributed by atoms with Crippen molar-refractivity contribution in [2.45, 2.75) is 143 Å². The third kappa shape index (κ3) is 11.7. The standard InChI is InChI=1S/C81H89N3O5/c1-11-79(82(14-4)15-5,53-57-29-23-20-24-30-57)75(87)62-40-36-60(37-41-62)51-78(52-61-38-42-63(43-39-61)76(88)80(12-2,83(16-6)17-7)54-58-31-25-21-26-32-58)71-48-64(77(89)81(13-3,84(18-8)19-9)55-59-33-27-22-28-34-59)44-46-65(71)67-49-69-70(50-72(67)78)74(86)68-47-56(10)35-45-66(68)73(69)85/h20-50H,11-19,51-55H2,1-10H3. The van der Waals surface area contributed by atoms with Crippen LogP contribution in [0.25, 0.3) is 11.1 Å². The van der Waals surface area contributed by atoms with Crippen LogP contribution in [0.4, 0.5) is 0 Å². The zero-order valence-electron chi connectivity index (χ0n) is 54.2. The van der Waals surface area contributed by atoms with Crippen LogP contribution in [-0.4, -0.2) is 99.5 Å². The number of benzene rings is 8. The number of carbonyl (C=O) groups excluding carboxylic acids is 5. The first kappa shape index (κ1) is 64.0. The van der Waals surface area contributed by atoms with Crippen LogP contribution >= 0.6 is 0 Å². The van der Waals surface area contributed by atoms with Crippen molar-refractivity contribution in [3.63, 3.8) is 0 Å². The van der Waals surface area contributed by atoms with Gasteiger partial charge in [-0.25, -0.2) is 0 Å². The van der Waals surface area contributed by atoms with Crippen molar-refractivity contribution in [1.82, 2.24) is 14.7 Å². The van der Waals surface area contributed by atoms with Crippen molar-refractivity contribution in [3.8, 4) is 11.1 Å². The highest BCUT2D eigenvalue weighted by atomic mass is 16.1. The average Bonchev–Trinajstić information content (AvgIpc) is 1.57. The summed E-state index contributed by atoms with van der Waals surface area (Å²) in [5, 5.41) is 0. The van der Waals surface area contributed by atoms with Gasteiger partial charge in [-0.15, -0.1) is 0 Å². The monoisotopic (exact) mass is 1180 g/mol. The van der Waals surface area contributed by atoms with Crippen LogP contribution in [0.2, 0.25) is 0 Å². The fraction of sp³-hybridized carbons (Fsp3) is 0.346. The second-order valence-electron chi connectivity index (χ2n) is 24.9. The van der Waals surface area contributed by atoms with Crippen LogP contribution in [0, 0.1) is 6.92 Å². The minimum absolute atomic E-state index is 0.0348. The lowest BCUT2D eigenvalue weighted by Gasteiger charge is -2.42. The summed E-state index contributed by atoms with van der Waals surface area (Å²) in [5.41, 5.74) is 9.58. The first-order valence-corrected chi connectivity index (χ1v) is 32.8. The summed E-state index contributed by atoms with van der Waals surface area (Å²) in [6, 6.07) is 62.8. The predicted octanol–water partition coefficient (Wildman–Crippen LogP) is 16.3. The van der Waals surface area contributed by atoms with Gasteiger partial charge in [0.1, 0.15) is 0 Å². The maximum Gasteiger partial charge on any atom is 0.194 e.